The van der Waals surface area contributed by atoms with Gasteiger partial charge in [-0.2, -0.15) is 0 Å². The average molecular weight is 317 g/mol. The van der Waals surface area contributed by atoms with Gasteiger partial charge < -0.3 is 4.74 Å². The van der Waals surface area contributed by atoms with Crippen LogP contribution < -0.4 is 4.74 Å². The topological polar surface area (TPSA) is 22.1 Å². The van der Waals surface area contributed by atoms with Crippen LogP contribution in [0.15, 0.2) is 53.6 Å². The fourth-order valence-corrected chi connectivity index (χ4v) is 3.22. The Hall–Kier alpha value is -2.14. The first-order valence-corrected chi connectivity index (χ1v) is 7.66. The molecule has 0 N–H and O–H groups in total. The van der Waals surface area contributed by atoms with Crippen LogP contribution in [0.2, 0.25) is 0 Å². The molecule has 0 fully saturated rings. The van der Waals surface area contributed by atoms with E-state index in [-0.39, 0.29) is 5.75 Å². The summed E-state index contributed by atoms with van der Waals surface area (Å²) in [6, 6.07) is 12.3. The van der Waals surface area contributed by atoms with Crippen LogP contribution in [0, 0.1) is 11.6 Å². The second kappa shape index (κ2) is 6.32. The van der Waals surface area contributed by atoms with E-state index in [0.717, 1.165) is 15.8 Å². The molecular formula is C17H13F2NOS. The van der Waals surface area contributed by atoms with Gasteiger partial charge in [0.25, 0.3) is 0 Å². The molecular weight excluding hydrogens is 304 g/mol. The molecule has 1 heterocycles. The Morgan fingerprint density at radius 1 is 1.09 bits per heavy atom. The number of ether oxygens (including phenoxy) is 1. The molecule has 0 aliphatic heterocycles. The number of fused-ring (bicyclic) bond motifs is 1. The summed E-state index contributed by atoms with van der Waals surface area (Å²) in [5.74, 6) is -1.27. The third-order valence-electron chi connectivity index (χ3n) is 3.25. The second-order valence-electron chi connectivity index (χ2n) is 4.71. The number of halogens is 2. The third-order valence-corrected chi connectivity index (χ3v) is 4.37. The Balaban J connectivity index is 1.85. The van der Waals surface area contributed by atoms with Crippen LogP contribution in [0.25, 0.3) is 10.9 Å². The van der Waals surface area contributed by atoms with E-state index >= 15 is 0 Å². The van der Waals surface area contributed by atoms with Crippen molar-refractivity contribution in [3.8, 4) is 5.75 Å². The number of hydrogen-bond acceptors (Lipinski definition) is 3. The third kappa shape index (κ3) is 2.90. The molecule has 0 atom stereocenters. The second-order valence-corrected chi connectivity index (χ2v) is 5.73. The molecule has 0 aliphatic carbocycles. The fourth-order valence-electron chi connectivity index (χ4n) is 2.24. The van der Waals surface area contributed by atoms with Crippen LogP contribution in [-0.2, 0) is 5.75 Å². The van der Waals surface area contributed by atoms with E-state index < -0.39 is 11.6 Å². The van der Waals surface area contributed by atoms with Crippen molar-refractivity contribution in [1.82, 2.24) is 4.98 Å². The number of rotatable bonds is 4. The maximum Gasteiger partial charge on any atom is 0.190 e. The zero-order valence-corrected chi connectivity index (χ0v) is 12.7. The molecule has 112 valence electrons. The smallest absolute Gasteiger partial charge is 0.190 e. The summed E-state index contributed by atoms with van der Waals surface area (Å²) in [7, 11) is 1.25. The summed E-state index contributed by atoms with van der Waals surface area (Å²) < 4.78 is 32.1. The van der Waals surface area contributed by atoms with Gasteiger partial charge in [0.05, 0.1) is 12.6 Å². The first kappa shape index (κ1) is 14.8. The molecule has 3 rings (SSSR count). The molecule has 1 aromatic heterocycles. The van der Waals surface area contributed by atoms with E-state index in [1.54, 1.807) is 6.20 Å². The van der Waals surface area contributed by atoms with Gasteiger partial charge in [-0.3, -0.25) is 4.98 Å². The first-order chi connectivity index (χ1) is 10.7. The minimum absolute atomic E-state index is 0.347. The summed E-state index contributed by atoms with van der Waals surface area (Å²) in [6.07, 6.45) is 1.74. The molecule has 2 nitrogen and oxygen atoms in total. The SMILES string of the molecule is COc1c(F)cc(CSc2cccc3cccnc23)cc1F. The lowest BCUT2D eigenvalue weighted by Crippen LogP contribution is -1.95. The molecule has 0 aliphatic rings. The van der Waals surface area contributed by atoms with E-state index in [1.165, 1.54) is 31.0 Å². The highest BCUT2D eigenvalue weighted by Crippen LogP contribution is 2.31. The van der Waals surface area contributed by atoms with Crippen molar-refractivity contribution in [2.45, 2.75) is 10.6 Å². The van der Waals surface area contributed by atoms with Crippen molar-refractivity contribution in [3.05, 3.63) is 65.9 Å². The van der Waals surface area contributed by atoms with Gasteiger partial charge in [0.15, 0.2) is 17.4 Å². The first-order valence-electron chi connectivity index (χ1n) is 6.67. The number of benzene rings is 2. The molecule has 22 heavy (non-hydrogen) atoms. The Morgan fingerprint density at radius 3 is 2.55 bits per heavy atom. The molecule has 0 unspecified atom stereocenters. The molecule has 5 heteroatoms. The monoisotopic (exact) mass is 317 g/mol. The lowest BCUT2D eigenvalue weighted by atomic mass is 10.2. The average Bonchev–Trinajstić information content (AvgIpc) is 2.52. The summed E-state index contributed by atoms with van der Waals surface area (Å²) in [5, 5.41) is 1.04. The van der Waals surface area contributed by atoms with Crippen molar-refractivity contribution in [1.29, 1.82) is 0 Å². The largest absolute Gasteiger partial charge is 0.491 e. The predicted molar refractivity (Wildman–Crippen MR) is 84.2 cm³/mol. The molecule has 0 saturated heterocycles. The van der Waals surface area contributed by atoms with Crippen molar-refractivity contribution in [2.75, 3.05) is 7.11 Å². The number of hydrogen-bond donors (Lipinski definition) is 0. The van der Waals surface area contributed by atoms with Crippen LogP contribution in [0.1, 0.15) is 5.56 Å². The number of thioether (sulfide) groups is 1. The quantitative estimate of drug-likeness (QED) is 0.644. The summed E-state index contributed by atoms with van der Waals surface area (Å²) >= 11 is 1.50. The van der Waals surface area contributed by atoms with Gasteiger partial charge in [0, 0.05) is 22.2 Å². The highest BCUT2D eigenvalue weighted by molar-refractivity contribution is 7.98. The molecule has 0 bridgehead atoms. The van der Waals surface area contributed by atoms with Gasteiger partial charge in [-0.15, -0.1) is 11.8 Å². The molecule has 0 spiro atoms. The summed E-state index contributed by atoms with van der Waals surface area (Å²) in [6.45, 7) is 0. The van der Waals surface area contributed by atoms with Crippen LogP contribution >= 0.6 is 11.8 Å². The van der Waals surface area contributed by atoms with Gasteiger partial charge in [-0.25, -0.2) is 8.78 Å². The standard InChI is InChI=1S/C17H13F2NOS/c1-21-17-13(18)8-11(9-14(17)19)10-22-15-6-2-4-12-5-3-7-20-16(12)15/h2-9H,10H2,1H3. The van der Waals surface area contributed by atoms with Crippen molar-refractivity contribution < 1.29 is 13.5 Å². The predicted octanol–water partition coefficient (Wildman–Crippen LogP) is 4.81. The van der Waals surface area contributed by atoms with Gasteiger partial charge in [-0.05, 0) is 29.8 Å². The highest BCUT2D eigenvalue weighted by atomic mass is 32.2. The Kier molecular flexibility index (Phi) is 4.24. The maximum absolute atomic E-state index is 13.7. The number of pyridine rings is 1. The van der Waals surface area contributed by atoms with Crippen LogP contribution in [0.5, 0.6) is 5.75 Å². The van der Waals surface area contributed by atoms with Crippen molar-refractivity contribution in [3.63, 3.8) is 0 Å². The van der Waals surface area contributed by atoms with Crippen molar-refractivity contribution in [2.24, 2.45) is 0 Å². The van der Waals surface area contributed by atoms with Gasteiger partial charge in [0.1, 0.15) is 0 Å². The van der Waals surface area contributed by atoms with Gasteiger partial charge >= 0.3 is 0 Å². The van der Waals surface area contributed by atoms with E-state index in [4.69, 9.17) is 0 Å². The molecule has 0 saturated carbocycles. The molecule has 0 radical (unpaired) electrons. The van der Waals surface area contributed by atoms with E-state index in [0.29, 0.717) is 11.3 Å². The zero-order valence-electron chi connectivity index (χ0n) is 11.8. The Morgan fingerprint density at radius 2 is 1.82 bits per heavy atom. The minimum atomic E-state index is -0.686. The van der Waals surface area contributed by atoms with Crippen LogP contribution in [-0.4, -0.2) is 12.1 Å². The number of nitrogens with zero attached hydrogens (tertiary/aromatic N) is 1. The van der Waals surface area contributed by atoms with Gasteiger partial charge in [0.2, 0.25) is 0 Å². The molecule has 0 amide bonds. The van der Waals surface area contributed by atoms with Gasteiger partial charge in [-0.1, -0.05) is 18.2 Å². The Labute approximate surface area is 131 Å². The fraction of sp³-hybridized carbons (Fsp3) is 0.118. The number of aromatic nitrogens is 1. The van der Waals surface area contributed by atoms with Crippen molar-refractivity contribution >= 4 is 22.7 Å². The number of para-hydroxylation sites is 1. The lowest BCUT2D eigenvalue weighted by molar-refractivity contribution is 0.359. The molecule has 2 aromatic carbocycles. The van der Waals surface area contributed by atoms with E-state index in [2.05, 4.69) is 9.72 Å². The van der Waals surface area contributed by atoms with E-state index in [1.807, 2.05) is 30.3 Å². The minimum Gasteiger partial charge on any atom is -0.491 e. The highest BCUT2D eigenvalue weighted by Gasteiger charge is 2.12. The Bertz CT molecular complexity index is 794. The maximum atomic E-state index is 13.7. The van der Waals surface area contributed by atoms with Crippen LogP contribution in [0.3, 0.4) is 0 Å². The molecule has 3 aromatic rings. The lowest BCUT2D eigenvalue weighted by Gasteiger charge is -2.08. The van der Waals surface area contributed by atoms with E-state index in [9.17, 15) is 8.78 Å². The number of methoxy groups -OCH3 is 1. The summed E-state index contributed by atoms with van der Waals surface area (Å²) in [5.41, 5.74) is 1.46. The normalized spacial score (nSPS) is 10.9. The summed E-state index contributed by atoms with van der Waals surface area (Å²) in [4.78, 5) is 5.35. The zero-order chi connectivity index (χ0) is 15.5. The van der Waals surface area contributed by atoms with Crippen LogP contribution in [0.4, 0.5) is 8.78 Å².